The fraction of sp³-hybridized carbons (Fsp3) is 0.400. The van der Waals surface area contributed by atoms with E-state index >= 15 is 0 Å². The van der Waals surface area contributed by atoms with E-state index in [1.165, 1.54) is 0 Å². The van der Waals surface area contributed by atoms with Crippen LogP contribution in [-0.2, 0) is 11.2 Å². The molecule has 0 atom stereocenters. The summed E-state index contributed by atoms with van der Waals surface area (Å²) < 4.78 is 5.16. The Balaban J connectivity index is 1.41. The molecular weight excluding hydrogens is 328 g/mol. The summed E-state index contributed by atoms with van der Waals surface area (Å²) in [5.74, 6) is 1.26. The predicted octanol–water partition coefficient (Wildman–Crippen LogP) is 3.18. The lowest BCUT2D eigenvalue weighted by atomic mass is 9.92. The van der Waals surface area contributed by atoms with Crippen LogP contribution in [0.15, 0.2) is 35.0 Å². The van der Waals surface area contributed by atoms with Crippen molar-refractivity contribution in [2.75, 3.05) is 13.1 Å². The summed E-state index contributed by atoms with van der Waals surface area (Å²) in [4.78, 5) is 23.6. The molecule has 0 bridgehead atoms. The van der Waals surface area contributed by atoms with Crippen LogP contribution in [0.1, 0.15) is 41.5 Å². The maximum atomic E-state index is 12.6. The van der Waals surface area contributed by atoms with Gasteiger partial charge < -0.3 is 9.42 Å². The number of carbonyl (C=O) groups excluding carboxylic acids is 1. The van der Waals surface area contributed by atoms with Crippen LogP contribution in [0.25, 0.3) is 11.0 Å². The monoisotopic (exact) mass is 350 g/mol. The lowest BCUT2D eigenvalue weighted by Crippen LogP contribution is -2.39. The van der Waals surface area contributed by atoms with Gasteiger partial charge in [-0.1, -0.05) is 5.16 Å². The molecule has 6 nitrogen and oxygen atoms in total. The van der Waals surface area contributed by atoms with E-state index in [0.717, 1.165) is 59.7 Å². The lowest BCUT2D eigenvalue weighted by Gasteiger charge is -2.32. The molecule has 134 valence electrons. The average Bonchev–Trinajstić information content (AvgIpc) is 2.99. The molecule has 3 aromatic heterocycles. The number of piperidine rings is 1. The van der Waals surface area contributed by atoms with Gasteiger partial charge in [0.05, 0.1) is 12.1 Å². The summed E-state index contributed by atoms with van der Waals surface area (Å²) >= 11 is 0. The van der Waals surface area contributed by atoms with Gasteiger partial charge in [-0.2, -0.15) is 0 Å². The van der Waals surface area contributed by atoms with Crippen LogP contribution in [0.5, 0.6) is 0 Å². The lowest BCUT2D eigenvalue weighted by molar-refractivity contribution is -0.131. The SMILES string of the molecule is Cc1noc(C)c1CC(=O)N1CCC(c2ccc3cccnc3n2)CC1. The second-order valence-electron chi connectivity index (χ2n) is 6.92. The zero-order valence-corrected chi connectivity index (χ0v) is 15.1. The van der Waals surface area contributed by atoms with Crippen molar-refractivity contribution in [3.63, 3.8) is 0 Å². The molecule has 6 heteroatoms. The zero-order valence-electron chi connectivity index (χ0n) is 15.1. The molecule has 0 N–H and O–H groups in total. The highest BCUT2D eigenvalue weighted by atomic mass is 16.5. The van der Waals surface area contributed by atoms with E-state index in [2.05, 4.69) is 22.3 Å². The number of hydrogen-bond acceptors (Lipinski definition) is 5. The van der Waals surface area contributed by atoms with E-state index in [1.54, 1.807) is 6.20 Å². The van der Waals surface area contributed by atoms with Gasteiger partial charge in [0.15, 0.2) is 5.65 Å². The van der Waals surface area contributed by atoms with Crippen LogP contribution in [0, 0.1) is 13.8 Å². The van der Waals surface area contributed by atoms with Gasteiger partial charge in [-0.05, 0) is 51.0 Å². The number of rotatable bonds is 3. The Kier molecular flexibility index (Phi) is 4.41. The molecule has 4 heterocycles. The number of fused-ring (bicyclic) bond motifs is 1. The summed E-state index contributed by atoms with van der Waals surface area (Å²) in [7, 11) is 0. The van der Waals surface area contributed by atoms with Gasteiger partial charge >= 0.3 is 0 Å². The van der Waals surface area contributed by atoms with Crippen molar-refractivity contribution in [3.05, 3.63) is 53.2 Å². The predicted molar refractivity (Wildman–Crippen MR) is 97.8 cm³/mol. The van der Waals surface area contributed by atoms with Gasteiger partial charge in [-0.15, -0.1) is 0 Å². The highest BCUT2D eigenvalue weighted by molar-refractivity contribution is 5.79. The fourth-order valence-corrected chi connectivity index (χ4v) is 3.64. The van der Waals surface area contributed by atoms with E-state index in [-0.39, 0.29) is 5.91 Å². The number of aryl methyl sites for hydroxylation is 2. The van der Waals surface area contributed by atoms with E-state index in [1.807, 2.05) is 30.9 Å². The van der Waals surface area contributed by atoms with E-state index in [9.17, 15) is 4.79 Å². The van der Waals surface area contributed by atoms with Crippen molar-refractivity contribution < 1.29 is 9.32 Å². The standard InChI is InChI=1S/C20H22N4O2/c1-13-17(14(2)26-23-13)12-19(25)24-10-7-15(8-11-24)18-6-5-16-4-3-9-21-20(16)22-18/h3-6,9,15H,7-8,10-12H2,1-2H3. The quantitative estimate of drug-likeness (QED) is 0.725. The average molecular weight is 350 g/mol. The molecule has 0 spiro atoms. The maximum absolute atomic E-state index is 12.6. The summed E-state index contributed by atoms with van der Waals surface area (Å²) in [6, 6.07) is 8.12. The number of pyridine rings is 2. The number of hydrogen-bond donors (Lipinski definition) is 0. The highest BCUT2D eigenvalue weighted by Crippen LogP contribution is 2.28. The van der Waals surface area contributed by atoms with Crippen molar-refractivity contribution in [1.29, 1.82) is 0 Å². The summed E-state index contributed by atoms with van der Waals surface area (Å²) in [5.41, 5.74) is 3.59. The van der Waals surface area contributed by atoms with Gasteiger partial charge in [0.25, 0.3) is 0 Å². The second kappa shape index (κ2) is 6.86. The molecule has 0 radical (unpaired) electrons. The van der Waals surface area contributed by atoms with Crippen LogP contribution >= 0.6 is 0 Å². The molecule has 0 aliphatic carbocycles. The topological polar surface area (TPSA) is 72.1 Å². The zero-order chi connectivity index (χ0) is 18.1. The molecule has 1 fully saturated rings. The summed E-state index contributed by atoms with van der Waals surface area (Å²) in [6.07, 6.45) is 4.00. The first-order valence-corrected chi connectivity index (χ1v) is 9.03. The van der Waals surface area contributed by atoms with Crippen molar-refractivity contribution in [2.24, 2.45) is 0 Å². The number of likely N-dealkylation sites (tertiary alicyclic amines) is 1. The van der Waals surface area contributed by atoms with Gasteiger partial charge in [0, 0.05) is 41.8 Å². The number of carbonyl (C=O) groups is 1. The molecule has 0 unspecified atom stereocenters. The minimum Gasteiger partial charge on any atom is -0.361 e. The number of aromatic nitrogens is 3. The minimum absolute atomic E-state index is 0.144. The third kappa shape index (κ3) is 3.19. The van der Waals surface area contributed by atoms with Gasteiger partial charge in [0.1, 0.15) is 5.76 Å². The van der Waals surface area contributed by atoms with Crippen molar-refractivity contribution in [2.45, 2.75) is 39.0 Å². The Hall–Kier alpha value is -2.76. The Morgan fingerprint density at radius 1 is 1.23 bits per heavy atom. The van der Waals surface area contributed by atoms with Crippen molar-refractivity contribution in [3.8, 4) is 0 Å². The summed E-state index contributed by atoms with van der Waals surface area (Å²) in [5, 5.41) is 4.99. The third-order valence-electron chi connectivity index (χ3n) is 5.26. The molecule has 4 rings (SSSR count). The normalized spacial score (nSPS) is 15.5. The second-order valence-corrected chi connectivity index (χ2v) is 6.92. The molecule has 1 amide bonds. The number of amides is 1. The number of nitrogens with zero attached hydrogens (tertiary/aromatic N) is 4. The first kappa shape index (κ1) is 16.7. The molecule has 3 aromatic rings. The first-order valence-electron chi connectivity index (χ1n) is 9.03. The molecule has 1 aliphatic rings. The van der Waals surface area contributed by atoms with E-state index in [0.29, 0.717) is 12.3 Å². The van der Waals surface area contributed by atoms with Crippen LogP contribution in [0.4, 0.5) is 0 Å². The Morgan fingerprint density at radius 2 is 2.04 bits per heavy atom. The molecule has 1 saturated heterocycles. The largest absolute Gasteiger partial charge is 0.361 e. The molecule has 26 heavy (non-hydrogen) atoms. The smallest absolute Gasteiger partial charge is 0.227 e. The molecule has 0 saturated carbocycles. The Labute approximate surface area is 152 Å². The van der Waals surface area contributed by atoms with Crippen LogP contribution in [0.3, 0.4) is 0 Å². The van der Waals surface area contributed by atoms with Crippen LogP contribution in [0.2, 0.25) is 0 Å². The highest BCUT2D eigenvalue weighted by Gasteiger charge is 2.26. The summed E-state index contributed by atoms with van der Waals surface area (Å²) in [6.45, 7) is 5.25. The maximum Gasteiger partial charge on any atom is 0.227 e. The molecular formula is C20H22N4O2. The van der Waals surface area contributed by atoms with Crippen molar-refractivity contribution in [1.82, 2.24) is 20.0 Å². The van der Waals surface area contributed by atoms with Gasteiger partial charge in [-0.25, -0.2) is 9.97 Å². The van der Waals surface area contributed by atoms with Gasteiger partial charge in [-0.3, -0.25) is 4.79 Å². The molecule has 1 aliphatic heterocycles. The fourth-order valence-electron chi connectivity index (χ4n) is 3.64. The first-order chi connectivity index (χ1) is 12.6. The van der Waals surface area contributed by atoms with Gasteiger partial charge in [0.2, 0.25) is 5.91 Å². The Bertz CT molecular complexity index is 922. The third-order valence-corrected chi connectivity index (χ3v) is 5.26. The van der Waals surface area contributed by atoms with E-state index < -0.39 is 0 Å². The Morgan fingerprint density at radius 3 is 2.77 bits per heavy atom. The van der Waals surface area contributed by atoms with Crippen molar-refractivity contribution >= 4 is 16.9 Å². The molecule has 0 aromatic carbocycles. The van der Waals surface area contributed by atoms with E-state index in [4.69, 9.17) is 9.51 Å². The van der Waals surface area contributed by atoms with Crippen LogP contribution < -0.4 is 0 Å². The minimum atomic E-state index is 0.144. The van der Waals surface area contributed by atoms with Crippen LogP contribution in [-0.4, -0.2) is 39.0 Å².